The monoisotopic (exact) mass is 264 g/mol. The summed E-state index contributed by atoms with van der Waals surface area (Å²) in [5, 5.41) is 9.59. The highest BCUT2D eigenvalue weighted by Gasteiger charge is 2.11. The van der Waals surface area contributed by atoms with Crippen LogP contribution in [0.1, 0.15) is 5.56 Å². The molecule has 0 aliphatic carbocycles. The lowest BCUT2D eigenvalue weighted by atomic mass is 10.1. The maximum absolute atomic E-state index is 5.34. The minimum absolute atomic E-state index is 0.527. The van der Waals surface area contributed by atoms with Crippen LogP contribution in [0, 0.1) is 0 Å². The molecular formula is C12H16N4O3. The number of methoxy groups -OCH3 is 3. The summed E-state index contributed by atoms with van der Waals surface area (Å²) >= 11 is 0. The van der Waals surface area contributed by atoms with Gasteiger partial charge >= 0.3 is 0 Å². The van der Waals surface area contributed by atoms with Crippen molar-refractivity contribution in [2.24, 2.45) is 0 Å². The van der Waals surface area contributed by atoms with Crippen molar-refractivity contribution in [2.45, 2.75) is 6.54 Å². The normalized spacial score (nSPS) is 10.1. The predicted octanol–water partition coefficient (Wildman–Crippen LogP) is 1.44. The van der Waals surface area contributed by atoms with Gasteiger partial charge in [0, 0.05) is 18.2 Å². The average molecular weight is 264 g/mol. The third-order valence-electron chi connectivity index (χ3n) is 2.65. The molecule has 0 unspecified atom stereocenters. The SMILES string of the molecule is COc1cc(OC)c(OC)cc1CNc1ncn[nH]1. The molecule has 1 heterocycles. The maximum atomic E-state index is 5.34. The third-order valence-corrected chi connectivity index (χ3v) is 2.65. The summed E-state index contributed by atoms with van der Waals surface area (Å²) in [5.41, 5.74) is 0.927. The molecule has 0 atom stereocenters. The molecule has 1 aromatic carbocycles. The number of hydrogen-bond acceptors (Lipinski definition) is 6. The first-order chi connectivity index (χ1) is 9.28. The summed E-state index contributed by atoms with van der Waals surface area (Å²) < 4.78 is 15.8. The molecule has 7 heteroatoms. The van der Waals surface area contributed by atoms with Gasteiger partial charge in [-0.05, 0) is 6.07 Å². The molecule has 0 amide bonds. The Morgan fingerprint density at radius 3 is 2.32 bits per heavy atom. The molecule has 0 spiro atoms. The Bertz CT molecular complexity index is 528. The Hall–Kier alpha value is -2.44. The largest absolute Gasteiger partial charge is 0.496 e. The second-order valence-corrected chi connectivity index (χ2v) is 3.71. The minimum Gasteiger partial charge on any atom is -0.496 e. The lowest BCUT2D eigenvalue weighted by Crippen LogP contribution is -2.04. The van der Waals surface area contributed by atoms with E-state index < -0.39 is 0 Å². The molecule has 2 aromatic rings. The van der Waals surface area contributed by atoms with E-state index in [9.17, 15) is 0 Å². The zero-order valence-corrected chi connectivity index (χ0v) is 11.1. The van der Waals surface area contributed by atoms with Crippen LogP contribution in [-0.4, -0.2) is 36.5 Å². The predicted molar refractivity (Wildman–Crippen MR) is 69.8 cm³/mol. The van der Waals surface area contributed by atoms with Crippen molar-refractivity contribution in [1.82, 2.24) is 15.2 Å². The van der Waals surface area contributed by atoms with E-state index in [4.69, 9.17) is 14.2 Å². The van der Waals surface area contributed by atoms with E-state index in [2.05, 4.69) is 20.5 Å². The molecule has 2 rings (SSSR count). The highest BCUT2D eigenvalue weighted by molar-refractivity contribution is 5.51. The van der Waals surface area contributed by atoms with Crippen molar-refractivity contribution in [3.63, 3.8) is 0 Å². The molecular weight excluding hydrogens is 248 g/mol. The molecule has 2 N–H and O–H groups in total. The van der Waals surface area contributed by atoms with Gasteiger partial charge in [0.15, 0.2) is 11.5 Å². The number of hydrogen-bond donors (Lipinski definition) is 2. The van der Waals surface area contributed by atoms with Crippen LogP contribution in [0.25, 0.3) is 0 Å². The first kappa shape index (κ1) is 13.0. The van der Waals surface area contributed by atoms with Gasteiger partial charge in [-0.2, -0.15) is 5.10 Å². The Balaban J connectivity index is 2.22. The summed E-state index contributed by atoms with van der Waals surface area (Å²) in [6, 6.07) is 3.65. The fraction of sp³-hybridized carbons (Fsp3) is 0.333. The van der Waals surface area contributed by atoms with Gasteiger partial charge in [0.05, 0.1) is 21.3 Å². The number of rotatable bonds is 6. The van der Waals surface area contributed by atoms with Crippen LogP contribution in [0.2, 0.25) is 0 Å². The molecule has 0 aliphatic rings. The van der Waals surface area contributed by atoms with Gasteiger partial charge in [-0.15, -0.1) is 0 Å². The van der Waals surface area contributed by atoms with E-state index in [1.807, 2.05) is 6.07 Å². The van der Waals surface area contributed by atoms with E-state index in [0.29, 0.717) is 29.7 Å². The fourth-order valence-electron chi connectivity index (χ4n) is 1.70. The average Bonchev–Trinajstić information content (AvgIpc) is 2.97. The van der Waals surface area contributed by atoms with Crippen LogP contribution >= 0.6 is 0 Å². The smallest absolute Gasteiger partial charge is 0.218 e. The number of aromatic amines is 1. The number of H-pyrrole nitrogens is 1. The Morgan fingerprint density at radius 1 is 1.05 bits per heavy atom. The van der Waals surface area contributed by atoms with Gasteiger partial charge in [-0.3, -0.25) is 0 Å². The number of aromatic nitrogens is 3. The number of nitrogens with zero attached hydrogens (tertiary/aromatic N) is 2. The van der Waals surface area contributed by atoms with Gasteiger partial charge < -0.3 is 19.5 Å². The molecule has 0 radical (unpaired) electrons. The molecule has 1 aromatic heterocycles. The summed E-state index contributed by atoms with van der Waals surface area (Å²) in [7, 11) is 4.79. The molecule has 7 nitrogen and oxygen atoms in total. The second-order valence-electron chi connectivity index (χ2n) is 3.71. The maximum Gasteiger partial charge on any atom is 0.218 e. The van der Waals surface area contributed by atoms with Crippen molar-refractivity contribution < 1.29 is 14.2 Å². The Kier molecular flexibility index (Phi) is 4.07. The van der Waals surface area contributed by atoms with Crippen molar-refractivity contribution in [3.05, 3.63) is 24.0 Å². The molecule has 0 bridgehead atoms. The van der Waals surface area contributed by atoms with Crippen molar-refractivity contribution >= 4 is 5.95 Å². The molecule has 0 fully saturated rings. The first-order valence-corrected chi connectivity index (χ1v) is 5.66. The van der Waals surface area contributed by atoms with Gasteiger partial charge in [0.25, 0.3) is 0 Å². The van der Waals surface area contributed by atoms with Crippen LogP contribution in [0.3, 0.4) is 0 Å². The van der Waals surface area contributed by atoms with Gasteiger partial charge in [-0.1, -0.05) is 0 Å². The highest BCUT2D eigenvalue weighted by atomic mass is 16.5. The summed E-state index contributed by atoms with van der Waals surface area (Å²) in [6.07, 6.45) is 1.44. The molecule has 19 heavy (non-hydrogen) atoms. The van der Waals surface area contributed by atoms with Crippen molar-refractivity contribution in [1.29, 1.82) is 0 Å². The number of benzene rings is 1. The van der Waals surface area contributed by atoms with Gasteiger partial charge in [-0.25, -0.2) is 10.1 Å². The lowest BCUT2D eigenvalue weighted by molar-refractivity contribution is 0.347. The standard InChI is InChI=1S/C12H16N4O3/c1-17-9-5-11(19-3)10(18-2)4-8(9)6-13-12-14-7-15-16-12/h4-5,7H,6H2,1-3H3,(H2,13,14,15,16). The molecule has 102 valence electrons. The Morgan fingerprint density at radius 2 is 1.74 bits per heavy atom. The second kappa shape index (κ2) is 5.94. The van der Waals surface area contributed by atoms with Crippen LogP contribution in [0.4, 0.5) is 5.95 Å². The molecule has 0 saturated carbocycles. The van der Waals surface area contributed by atoms with Crippen LogP contribution in [0.5, 0.6) is 17.2 Å². The van der Waals surface area contributed by atoms with Gasteiger partial charge in [0.1, 0.15) is 12.1 Å². The zero-order chi connectivity index (χ0) is 13.7. The van der Waals surface area contributed by atoms with Crippen molar-refractivity contribution in [2.75, 3.05) is 26.6 Å². The first-order valence-electron chi connectivity index (χ1n) is 5.66. The molecule has 0 aliphatic heterocycles. The quantitative estimate of drug-likeness (QED) is 0.821. The zero-order valence-electron chi connectivity index (χ0n) is 11.1. The van der Waals surface area contributed by atoms with E-state index in [1.165, 1.54) is 6.33 Å². The van der Waals surface area contributed by atoms with Crippen LogP contribution in [0.15, 0.2) is 18.5 Å². The van der Waals surface area contributed by atoms with E-state index >= 15 is 0 Å². The van der Waals surface area contributed by atoms with E-state index in [0.717, 1.165) is 5.56 Å². The van der Waals surface area contributed by atoms with Gasteiger partial charge in [0.2, 0.25) is 5.95 Å². The third kappa shape index (κ3) is 2.87. The van der Waals surface area contributed by atoms with Crippen molar-refractivity contribution in [3.8, 4) is 17.2 Å². The fourth-order valence-corrected chi connectivity index (χ4v) is 1.70. The van der Waals surface area contributed by atoms with Crippen LogP contribution in [-0.2, 0) is 6.54 Å². The summed E-state index contributed by atoms with van der Waals surface area (Å²) in [6.45, 7) is 0.527. The number of anilines is 1. The highest BCUT2D eigenvalue weighted by Crippen LogP contribution is 2.34. The molecule has 0 saturated heterocycles. The number of ether oxygens (including phenoxy) is 3. The minimum atomic E-state index is 0.527. The van der Waals surface area contributed by atoms with E-state index in [1.54, 1.807) is 27.4 Å². The lowest BCUT2D eigenvalue weighted by Gasteiger charge is -2.14. The van der Waals surface area contributed by atoms with Crippen LogP contribution < -0.4 is 19.5 Å². The Labute approximate surface area is 110 Å². The summed E-state index contributed by atoms with van der Waals surface area (Å²) in [4.78, 5) is 3.99. The number of nitrogens with one attached hydrogen (secondary N) is 2. The van der Waals surface area contributed by atoms with E-state index in [-0.39, 0.29) is 0 Å². The topological polar surface area (TPSA) is 81.3 Å². The summed E-state index contributed by atoms with van der Waals surface area (Å²) in [5.74, 6) is 2.59.